The first-order valence-electron chi connectivity index (χ1n) is 6.02. The van der Waals surface area contributed by atoms with Crippen LogP contribution in [-0.2, 0) is 0 Å². The summed E-state index contributed by atoms with van der Waals surface area (Å²) >= 11 is 1.55. The number of aliphatic imine (C=N–C) groups is 1. The van der Waals surface area contributed by atoms with Crippen molar-refractivity contribution in [3.05, 3.63) is 71.6 Å². The third-order valence-electron chi connectivity index (χ3n) is 2.69. The average Bonchev–Trinajstić information content (AvgIpc) is 2.96. The fourth-order valence-corrected chi connectivity index (χ4v) is 2.40. The Kier molecular flexibility index (Phi) is 3.47. The van der Waals surface area contributed by atoms with Gasteiger partial charge in [0.2, 0.25) is 5.13 Å². The zero-order valence-electron chi connectivity index (χ0n) is 10.2. The number of rotatable bonds is 3. The number of aromatic nitrogens is 1. The van der Waals surface area contributed by atoms with Gasteiger partial charge < -0.3 is 0 Å². The molecule has 92 valence electrons. The molecule has 2 nitrogen and oxygen atoms in total. The Morgan fingerprint density at radius 3 is 2.32 bits per heavy atom. The van der Waals surface area contributed by atoms with E-state index >= 15 is 0 Å². The molecule has 0 amide bonds. The van der Waals surface area contributed by atoms with Crippen molar-refractivity contribution in [2.24, 2.45) is 4.99 Å². The van der Waals surface area contributed by atoms with Crippen LogP contribution in [0.3, 0.4) is 0 Å². The largest absolute Gasteiger partial charge is 0.227 e. The second kappa shape index (κ2) is 5.59. The highest BCUT2D eigenvalue weighted by atomic mass is 32.1. The lowest BCUT2D eigenvalue weighted by Gasteiger charge is -1.93. The van der Waals surface area contributed by atoms with Crippen LogP contribution in [0.25, 0.3) is 11.3 Å². The van der Waals surface area contributed by atoms with E-state index in [0.29, 0.717) is 0 Å². The second-order valence-corrected chi connectivity index (χ2v) is 4.89. The van der Waals surface area contributed by atoms with E-state index in [1.165, 1.54) is 0 Å². The van der Waals surface area contributed by atoms with Crippen LogP contribution in [0.1, 0.15) is 5.56 Å². The van der Waals surface area contributed by atoms with Gasteiger partial charge in [0, 0.05) is 17.2 Å². The van der Waals surface area contributed by atoms with Gasteiger partial charge in [-0.05, 0) is 5.56 Å². The first-order valence-corrected chi connectivity index (χ1v) is 6.90. The zero-order valence-corrected chi connectivity index (χ0v) is 11.0. The predicted octanol–water partition coefficient (Wildman–Crippen LogP) is 4.56. The topological polar surface area (TPSA) is 25.2 Å². The van der Waals surface area contributed by atoms with Crippen LogP contribution in [0.2, 0.25) is 0 Å². The van der Waals surface area contributed by atoms with Crippen molar-refractivity contribution in [2.45, 2.75) is 0 Å². The molecule has 0 atom stereocenters. The van der Waals surface area contributed by atoms with Crippen molar-refractivity contribution >= 4 is 22.7 Å². The first-order chi connectivity index (χ1) is 9.42. The lowest BCUT2D eigenvalue weighted by molar-refractivity contribution is 1.36. The molecule has 0 bridgehead atoms. The van der Waals surface area contributed by atoms with Crippen molar-refractivity contribution in [1.29, 1.82) is 0 Å². The van der Waals surface area contributed by atoms with Crippen LogP contribution < -0.4 is 0 Å². The van der Waals surface area contributed by atoms with E-state index in [1.807, 2.05) is 60.1 Å². The lowest BCUT2D eigenvalue weighted by Crippen LogP contribution is -1.78. The Morgan fingerprint density at radius 2 is 1.58 bits per heavy atom. The molecule has 0 unspecified atom stereocenters. The average molecular weight is 264 g/mol. The maximum atomic E-state index is 4.52. The summed E-state index contributed by atoms with van der Waals surface area (Å²) in [4.78, 5) is 8.92. The molecule has 0 saturated carbocycles. The molecule has 0 saturated heterocycles. The van der Waals surface area contributed by atoms with Gasteiger partial charge in [-0.3, -0.25) is 0 Å². The van der Waals surface area contributed by atoms with Crippen LogP contribution in [0.4, 0.5) is 5.13 Å². The number of hydrogen-bond donors (Lipinski definition) is 0. The Morgan fingerprint density at radius 1 is 0.895 bits per heavy atom. The van der Waals surface area contributed by atoms with E-state index in [1.54, 1.807) is 11.3 Å². The third kappa shape index (κ3) is 2.95. The van der Waals surface area contributed by atoms with Gasteiger partial charge in [-0.2, -0.15) is 0 Å². The monoisotopic (exact) mass is 264 g/mol. The number of hydrogen-bond acceptors (Lipinski definition) is 3. The van der Waals surface area contributed by atoms with Crippen LogP contribution in [0.5, 0.6) is 0 Å². The van der Waals surface area contributed by atoms with Crippen molar-refractivity contribution in [1.82, 2.24) is 4.98 Å². The summed E-state index contributed by atoms with van der Waals surface area (Å²) in [5, 5.41) is 2.82. The van der Waals surface area contributed by atoms with Gasteiger partial charge >= 0.3 is 0 Å². The van der Waals surface area contributed by atoms with E-state index in [0.717, 1.165) is 22.0 Å². The van der Waals surface area contributed by atoms with Gasteiger partial charge in [-0.25, -0.2) is 9.98 Å². The maximum absolute atomic E-state index is 4.52. The van der Waals surface area contributed by atoms with Crippen LogP contribution in [-0.4, -0.2) is 11.2 Å². The summed E-state index contributed by atoms with van der Waals surface area (Å²) in [7, 11) is 0. The van der Waals surface area contributed by atoms with E-state index < -0.39 is 0 Å². The molecular weight excluding hydrogens is 252 g/mol. The Hall–Kier alpha value is -2.26. The van der Waals surface area contributed by atoms with Gasteiger partial charge in [0.15, 0.2) is 0 Å². The summed E-state index contributed by atoms with van der Waals surface area (Å²) in [5.74, 6) is 0. The summed E-state index contributed by atoms with van der Waals surface area (Å²) in [6.45, 7) is 0. The van der Waals surface area contributed by atoms with Crippen LogP contribution in [0.15, 0.2) is 71.0 Å². The molecule has 2 aromatic carbocycles. The van der Waals surface area contributed by atoms with Gasteiger partial charge in [0.05, 0.1) is 5.69 Å². The molecule has 0 aliphatic heterocycles. The normalized spacial score (nSPS) is 10.9. The standard InChI is InChI=1S/C16H12N2S/c1-3-7-13(8-4-1)11-17-16-18-15(12-19-16)14-9-5-2-6-10-14/h1-12H/b17-11+. The fraction of sp³-hybridized carbons (Fsp3) is 0. The molecule has 0 aliphatic carbocycles. The van der Waals surface area contributed by atoms with Crippen molar-refractivity contribution in [3.63, 3.8) is 0 Å². The highest BCUT2D eigenvalue weighted by molar-refractivity contribution is 7.13. The van der Waals surface area contributed by atoms with Crippen molar-refractivity contribution in [3.8, 4) is 11.3 Å². The third-order valence-corrected chi connectivity index (χ3v) is 3.43. The number of thiazole rings is 1. The maximum Gasteiger partial charge on any atom is 0.209 e. The lowest BCUT2D eigenvalue weighted by atomic mass is 10.2. The highest BCUT2D eigenvalue weighted by Crippen LogP contribution is 2.26. The molecule has 0 N–H and O–H groups in total. The van der Waals surface area contributed by atoms with E-state index in [4.69, 9.17) is 0 Å². The Labute approximate surface area is 116 Å². The smallest absolute Gasteiger partial charge is 0.209 e. The fourth-order valence-electron chi connectivity index (χ4n) is 1.73. The number of nitrogens with zero attached hydrogens (tertiary/aromatic N) is 2. The molecule has 0 spiro atoms. The predicted molar refractivity (Wildman–Crippen MR) is 81.2 cm³/mol. The summed E-state index contributed by atoms with van der Waals surface area (Å²) in [5.41, 5.74) is 3.18. The molecule has 3 rings (SSSR count). The molecule has 1 heterocycles. The van der Waals surface area contributed by atoms with Crippen LogP contribution in [0, 0.1) is 0 Å². The van der Waals surface area contributed by atoms with E-state index in [-0.39, 0.29) is 0 Å². The Balaban J connectivity index is 1.81. The van der Waals surface area contributed by atoms with E-state index in [2.05, 4.69) is 22.1 Å². The SMILES string of the molecule is C(=N\c1nc(-c2ccccc2)cs1)/c1ccccc1. The molecule has 0 fully saturated rings. The molecule has 3 heteroatoms. The molecule has 3 aromatic rings. The Bertz CT molecular complexity index is 672. The summed E-state index contributed by atoms with van der Waals surface area (Å²) in [6, 6.07) is 20.2. The second-order valence-electron chi connectivity index (χ2n) is 4.05. The van der Waals surface area contributed by atoms with Gasteiger partial charge in [-0.15, -0.1) is 11.3 Å². The first kappa shape index (κ1) is 11.8. The number of benzene rings is 2. The zero-order chi connectivity index (χ0) is 12.9. The van der Waals surface area contributed by atoms with Crippen LogP contribution >= 0.6 is 11.3 Å². The van der Waals surface area contributed by atoms with Crippen molar-refractivity contribution < 1.29 is 0 Å². The molecule has 0 aliphatic rings. The highest BCUT2D eigenvalue weighted by Gasteiger charge is 2.02. The molecule has 1 aromatic heterocycles. The minimum absolute atomic E-state index is 0.780. The van der Waals surface area contributed by atoms with Crippen molar-refractivity contribution in [2.75, 3.05) is 0 Å². The minimum Gasteiger partial charge on any atom is -0.227 e. The molecule has 19 heavy (non-hydrogen) atoms. The minimum atomic E-state index is 0.780. The summed E-state index contributed by atoms with van der Waals surface area (Å²) in [6.07, 6.45) is 1.84. The van der Waals surface area contributed by atoms with E-state index in [9.17, 15) is 0 Å². The molecule has 0 radical (unpaired) electrons. The van der Waals surface area contributed by atoms with Gasteiger partial charge in [0.1, 0.15) is 0 Å². The van der Waals surface area contributed by atoms with Gasteiger partial charge in [0.25, 0.3) is 0 Å². The van der Waals surface area contributed by atoms with Gasteiger partial charge in [-0.1, -0.05) is 60.7 Å². The molecular formula is C16H12N2S. The quantitative estimate of drug-likeness (QED) is 0.636. The summed E-state index contributed by atoms with van der Waals surface area (Å²) < 4.78 is 0.